The lowest BCUT2D eigenvalue weighted by Gasteiger charge is -2.01. The first-order chi connectivity index (χ1) is 5.52. The van der Waals surface area contributed by atoms with Crippen molar-refractivity contribution in [3.8, 4) is 0 Å². The van der Waals surface area contributed by atoms with Crippen molar-refractivity contribution in [2.24, 2.45) is 0 Å². The van der Waals surface area contributed by atoms with Crippen LogP contribution in [-0.4, -0.2) is 5.78 Å². The lowest BCUT2D eigenvalue weighted by molar-refractivity contribution is 0.101. The van der Waals surface area contributed by atoms with E-state index in [1.165, 1.54) is 19.1 Å². The van der Waals surface area contributed by atoms with Crippen molar-refractivity contribution >= 4 is 40.6 Å². The normalized spacial score (nSPS) is 10.0. The van der Waals surface area contributed by atoms with Crippen LogP contribution in [0.15, 0.2) is 12.1 Å². The molecule has 1 nitrogen and oxygen atoms in total. The maximum absolute atomic E-state index is 10.9. The number of hydrogen-bond acceptors (Lipinski definition) is 1. The molecular weight excluding hydrogens is 218 g/mol. The number of carbonyl (C=O) groups is 1. The van der Waals surface area contributed by atoms with Crippen LogP contribution in [0.3, 0.4) is 0 Å². The van der Waals surface area contributed by atoms with Gasteiger partial charge in [0.1, 0.15) is 0 Å². The average molecular weight is 223 g/mol. The Hall–Kier alpha value is -0.240. The smallest absolute Gasteiger partial charge is 0.159 e. The van der Waals surface area contributed by atoms with E-state index in [1.807, 2.05) is 0 Å². The molecule has 0 aromatic heterocycles. The zero-order chi connectivity index (χ0) is 9.30. The molecule has 0 spiro atoms. The fraction of sp³-hybridized carbons (Fsp3) is 0.125. The Kier molecular flexibility index (Phi) is 2.99. The molecule has 4 heteroatoms. The number of hydrogen-bond donors (Lipinski definition) is 0. The Balaban J connectivity index is 3.31. The molecule has 0 unspecified atom stereocenters. The zero-order valence-corrected chi connectivity index (χ0v) is 8.46. The van der Waals surface area contributed by atoms with Crippen LogP contribution in [0.2, 0.25) is 15.1 Å². The molecule has 0 aliphatic rings. The van der Waals surface area contributed by atoms with Gasteiger partial charge in [-0.05, 0) is 19.1 Å². The van der Waals surface area contributed by atoms with Crippen LogP contribution in [0.1, 0.15) is 17.3 Å². The van der Waals surface area contributed by atoms with Crippen molar-refractivity contribution < 1.29 is 4.79 Å². The standard InChI is InChI=1S/C8H5Cl3O/c1-4(12)5-2-6(9)8(11)7(10)3-5/h2-3H,1H3. The molecule has 1 aromatic rings. The molecule has 0 atom stereocenters. The number of ketones is 1. The van der Waals surface area contributed by atoms with Crippen molar-refractivity contribution in [2.45, 2.75) is 6.92 Å². The van der Waals surface area contributed by atoms with Gasteiger partial charge < -0.3 is 0 Å². The molecule has 0 fully saturated rings. The van der Waals surface area contributed by atoms with Gasteiger partial charge in [0.2, 0.25) is 0 Å². The van der Waals surface area contributed by atoms with Crippen LogP contribution in [0.25, 0.3) is 0 Å². The van der Waals surface area contributed by atoms with Crippen LogP contribution in [0.5, 0.6) is 0 Å². The summed E-state index contributed by atoms with van der Waals surface area (Å²) in [6, 6.07) is 3.00. The number of rotatable bonds is 1. The summed E-state index contributed by atoms with van der Waals surface area (Å²) < 4.78 is 0. The first-order valence-electron chi connectivity index (χ1n) is 3.18. The molecule has 0 aliphatic carbocycles. The third-order valence-corrected chi connectivity index (χ3v) is 2.59. The van der Waals surface area contributed by atoms with Gasteiger partial charge in [0.15, 0.2) is 5.78 Å². The minimum atomic E-state index is -0.0875. The number of benzene rings is 1. The van der Waals surface area contributed by atoms with Crippen LogP contribution >= 0.6 is 34.8 Å². The highest BCUT2D eigenvalue weighted by Crippen LogP contribution is 2.31. The molecule has 0 heterocycles. The number of Topliss-reactive ketones (excluding diaryl/α,β-unsaturated/α-hetero) is 1. The third kappa shape index (κ3) is 1.92. The molecule has 0 N–H and O–H groups in total. The van der Waals surface area contributed by atoms with Crippen LogP contribution in [0.4, 0.5) is 0 Å². The van der Waals surface area contributed by atoms with Crippen molar-refractivity contribution in [1.29, 1.82) is 0 Å². The van der Waals surface area contributed by atoms with E-state index in [1.54, 1.807) is 0 Å². The van der Waals surface area contributed by atoms with E-state index >= 15 is 0 Å². The number of carbonyl (C=O) groups excluding carboxylic acids is 1. The zero-order valence-electron chi connectivity index (χ0n) is 6.20. The van der Waals surface area contributed by atoms with E-state index in [0.29, 0.717) is 15.6 Å². The van der Waals surface area contributed by atoms with E-state index in [9.17, 15) is 4.79 Å². The second kappa shape index (κ2) is 3.65. The van der Waals surface area contributed by atoms with E-state index in [0.717, 1.165) is 0 Å². The van der Waals surface area contributed by atoms with Gasteiger partial charge in [-0.25, -0.2) is 0 Å². The first kappa shape index (κ1) is 9.85. The fourth-order valence-electron chi connectivity index (χ4n) is 0.759. The Morgan fingerprint density at radius 2 is 1.58 bits per heavy atom. The average Bonchev–Trinajstić information content (AvgIpc) is 1.99. The van der Waals surface area contributed by atoms with Crippen molar-refractivity contribution in [3.05, 3.63) is 32.8 Å². The van der Waals surface area contributed by atoms with Gasteiger partial charge in [0.25, 0.3) is 0 Å². The summed E-state index contributed by atoms with van der Waals surface area (Å²) in [6.45, 7) is 1.44. The predicted molar refractivity (Wildman–Crippen MR) is 51.5 cm³/mol. The van der Waals surface area contributed by atoms with Crippen molar-refractivity contribution in [3.63, 3.8) is 0 Å². The summed E-state index contributed by atoms with van der Waals surface area (Å²) in [4.78, 5) is 10.9. The van der Waals surface area contributed by atoms with Gasteiger partial charge in [0, 0.05) is 5.56 Å². The minimum absolute atomic E-state index is 0.0875. The Labute approximate surface area is 85.2 Å². The molecular formula is C8H5Cl3O. The van der Waals surface area contributed by atoms with Crippen LogP contribution in [-0.2, 0) is 0 Å². The van der Waals surface area contributed by atoms with E-state index < -0.39 is 0 Å². The van der Waals surface area contributed by atoms with Gasteiger partial charge in [-0.2, -0.15) is 0 Å². The molecule has 0 bridgehead atoms. The summed E-state index contributed by atoms with van der Waals surface area (Å²) in [5.74, 6) is -0.0875. The summed E-state index contributed by atoms with van der Waals surface area (Å²) in [6.07, 6.45) is 0. The molecule has 12 heavy (non-hydrogen) atoms. The Bertz CT molecular complexity index is 310. The van der Waals surface area contributed by atoms with E-state index in [-0.39, 0.29) is 10.8 Å². The minimum Gasteiger partial charge on any atom is -0.295 e. The second-order valence-corrected chi connectivity index (χ2v) is 3.50. The highest BCUT2D eigenvalue weighted by Gasteiger charge is 2.07. The maximum atomic E-state index is 10.9. The molecule has 1 aromatic carbocycles. The quantitative estimate of drug-likeness (QED) is 0.522. The van der Waals surface area contributed by atoms with Crippen molar-refractivity contribution in [1.82, 2.24) is 0 Å². The Morgan fingerprint density at radius 1 is 1.17 bits per heavy atom. The fourth-order valence-corrected chi connectivity index (χ4v) is 1.35. The van der Waals surface area contributed by atoms with Gasteiger partial charge in [0.05, 0.1) is 15.1 Å². The van der Waals surface area contributed by atoms with Gasteiger partial charge in [-0.3, -0.25) is 4.79 Å². The Morgan fingerprint density at radius 3 is 1.92 bits per heavy atom. The lowest BCUT2D eigenvalue weighted by atomic mass is 10.1. The third-order valence-electron chi connectivity index (χ3n) is 1.39. The first-order valence-corrected chi connectivity index (χ1v) is 4.31. The molecule has 0 amide bonds. The predicted octanol–water partition coefficient (Wildman–Crippen LogP) is 3.85. The topological polar surface area (TPSA) is 17.1 Å². The summed E-state index contributed by atoms with van der Waals surface area (Å²) in [5.41, 5.74) is 0.467. The summed E-state index contributed by atoms with van der Waals surface area (Å²) in [7, 11) is 0. The van der Waals surface area contributed by atoms with E-state index in [4.69, 9.17) is 34.8 Å². The lowest BCUT2D eigenvalue weighted by Crippen LogP contribution is -1.91. The summed E-state index contributed by atoms with van der Waals surface area (Å²) >= 11 is 17.1. The molecule has 0 aliphatic heterocycles. The number of halogens is 3. The highest BCUT2D eigenvalue weighted by atomic mass is 35.5. The van der Waals surface area contributed by atoms with Gasteiger partial charge in [-0.1, -0.05) is 34.8 Å². The molecule has 64 valence electrons. The van der Waals surface area contributed by atoms with Crippen LogP contribution < -0.4 is 0 Å². The molecule has 1 rings (SSSR count). The van der Waals surface area contributed by atoms with Crippen LogP contribution in [0, 0.1) is 0 Å². The van der Waals surface area contributed by atoms with Crippen molar-refractivity contribution in [2.75, 3.05) is 0 Å². The largest absolute Gasteiger partial charge is 0.295 e. The maximum Gasteiger partial charge on any atom is 0.159 e. The summed E-state index contributed by atoms with van der Waals surface area (Å²) in [5, 5.41) is 0.882. The monoisotopic (exact) mass is 222 g/mol. The SMILES string of the molecule is CC(=O)c1cc(Cl)c(Cl)c(Cl)c1. The molecule has 0 saturated heterocycles. The van der Waals surface area contributed by atoms with E-state index in [2.05, 4.69) is 0 Å². The molecule has 0 radical (unpaired) electrons. The van der Waals surface area contributed by atoms with Gasteiger partial charge >= 0.3 is 0 Å². The van der Waals surface area contributed by atoms with Gasteiger partial charge in [-0.15, -0.1) is 0 Å². The molecule has 0 saturated carbocycles. The highest BCUT2D eigenvalue weighted by molar-refractivity contribution is 6.48. The second-order valence-electron chi connectivity index (χ2n) is 2.31.